The summed E-state index contributed by atoms with van der Waals surface area (Å²) in [6.07, 6.45) is 11.9. The average Bonchev–Trinajstić information content (AvgIpc) is 3.27. The van der Waals surface area contributed by atoms with E-state index in [0.717, 1.165) is 31.1 Å². The predicted octanol–water partition coefficient (Wildman–Crippen LogP) is 6.74. The van der Waals surface area contributed by atoms with Crippen molar-refractivity contribution in [3.8, 4) is 0 Å². The molecule has 0 bridgehead atoms. The van der Waals surface area contributed by atoms with Crippen molar-refractivity contribution in [1.29, 1.82) is 0 Å². The van der Waals surface area contributed by atoms with Crippen LogP contribution in [-0.2, 0) is 4.74 Å². The second-order valence-corrected chi connectivity index (χ2v) is 15.3. The lowest BCUT2D eigenvalue weighted by atomic mass is 9.35. The quantitative estimate of drug-likeness (QED) is 0.480. The molecule has 4 aliphatic carbocycles. The Morgan fingerprint density at radius 3 is 2.00 bits per heavy atom. The van der Waals surface area contributed by atoms with E-state index < -0.39 is 5.60 Å². The molecule has 0 aromatic carbocycles. The summed E-state index contributed by atoms with van der Waals surface area (Å²) in [6.45, 7) is 18.8. The molecule has 190 valence electrons. The summed E-state index contributed by atoms with van der Waals surface area (Å²) in [6, 6.07) is 0. The minimum atomic E-state index is -0.755. The monoisotopic (exact) mass is 460 g/mol. The molecule has 0 amide bonds. The van der Waals surface area contributed by atoms with E-state index in [1.165, 1.54) is 44.9 Å². The van der Waals surface area contributed by atoms with Gasteiger partial charge in [0.15, 0.2) is 0 Å². The van der Waals surface area contributed by atoms with E-state index in [0.29, 0.717) is 28.1 Å². The molecule has 1 heterocycles. The van der Waals surface area contributed by atoms with E-state index in [4.69, 9.17) is 4.74 Å². The van der Waals surface area contributed by atoms with Gasteiger partial charge in [-0.1, -0.05) is 34.6 Å². The van der Waals surface area contributed by atoms with E-state index in [9.17, 15) is 10.2 Å². The Hall–Kier alpha value is -0.120. The first-order chi connectivity index (χ1) is 15.1. The Balaban J connectivity index is 1.44. The summed E-state index contributed by atoms with van der Waals surface area (Å²) in [5.41, 5.74) is 0.277. The van der Waals surface area contributed by atoms with Crippen LogP contribution < -0.4 is 0 Å². The number of hydrogen-bond donors (Lipinski definition) is 2. The smallest absolute Gasteiger partial charge is 0.0865 e. The summed E-state index contributed by atoms with van der Waals surface area (Å²) in [4.78, 5) is 0. The maximum absolute atomic E-state index is 10.9. The van der Waals surface area contributed by atoms with Gasteiger partial charge in [0.1, 0.15) is 0 Å². The lowest BCUT2D eigenvalue weighted by molar-refractivity contribution is -0.227. The molecule has 5 aliphatic rings. The van der Waals surface area contributed by atoms with Gasteiger partial charge in [0.05, 0.1) is 23.4 Å². The summed E-state index contributed by atoms with van der Waals surface area (Å²) in [7, 11) is 0. The van der Waals surface area contributed by atoms with E-state index in [1.807, 2.05) is 13.8 Å². The maximum atomic E-state index is 10.9. The summed E-state index contributed by atoms with van der Waals surface area (Å²) >= 11 is 0. The fourth-order valence-electron chi connectivity index (χ4n) is 11.1. The number of fused-ring (bicyclic) bond motifs is 5. The molecule has 4 saturated carbocycles. The maximum Gasteiger partial charge on any atom is 0.0865 e. The van der Waals surface area contributed by atoms with Gasteiger partial charge in [-0.15, -0.1) is 0 Å². The first-order valence-corrected chi connectivity index (χ1v) is 14.2. The molecule has 0 aromatic rings. The third-order valence-electron chi connectivity index (χ3n) is 13.3. The molecule has 2 N–H and O–H groups in total. The molecule has 0 radical (unpaired) electrons. The highest BCUT2D eigenvalue weighted by molar-refractivity contribution is 5.18. The normalized spacial score (nSPS) is 56.2. The molecule has 3 nitrogen and oxygen atoms in total. The molecule has 5 rings (SSSR count). The lowest BCUT2D eigenvalue weighted by Crippen LogP contribution is -2.64. The molecular weight excluding hydrogens is 408 g/mol. The largest absolute Gasteiger partial charge is 0.393 e. The van der Waals surface area contributed by atoms with Crippen LogP contribution in [0.25, 0.3) is 0 Å². The van der Waals surface area contributed by atoms with Crippen LogP contribution >= 0.6 is 0 Å². The fraction of sp³-hybridized carbons (Fsp3) is 1.00. The molecule has 0 unspecified atom stereocenters. The van der Waals surface area contributed by atoms with Gasteiger partial charge in [0.25, 0.3) is 0 Å². The van der Waals surface area contributed by atoms with Gasteiger partial charge in [-0.05, 0) is 130 Å². The molecule has 5 fully saturated rings. The van der Waals surface area contributed by atoms with Crippen molar-refractivity contribution in [3.05, 3.63) is 0 Å². The van der Waals surface area contributed by atoms with E-state index in [2.05, 4.69) is 41.5 Å². The lowest BCUT2D eigenvalue weighted by Gasteiger charge is -2.70. The van der Waals surface area contributed by atoms with Crippen LogP contribution in [0.15, 0.2) is 0 Å². The van der Waals surface area contributed by atoms with E-state index >= 15 is 0 Å². The van der Waals surface area contributed by atoms with Crippen molar-refractivity contribution >= 4 is 0 Å². The third-order valence-corrected chi connectivity index (χ3v) is 13.3. The topological polar surface area (TPSA) is 49.7 Å². The van der Waals surface area contributed by atoms with Gasteiger partial charge in [0.2, 0.25) is 0 Å². The summed E-state index contributed by atoms with van der Waals surface area (Å²) in [5, 5.41) is 21.5. The standard InChI is InChI=1S/C30H52O3/c1-25(2)21-12-17-29(7)22(27(21,5)15-13-23(25)31)10-9-19-20(11-16-28(19,29)6)30(8)18-14-24(33-30)26(3,4)32/h19-24,31-32H,9-18H2,1-8H3/t19-,20+,21-,22+,23+,24-,27+,28+,29+,30+/m0/s1. The third kappa shape index (κ3) is 3.16. The Bertz CT molecular complexity index is 784. The van der Waals surface area contributed by atoms with Gasteiger partial charge in [-0.2, -0.15) is 0 Å². The minimum Gasteiger partial charge on any atom is -0.393 e. The Morgan fingerprint density at radius 2 is 1.36 bits per heavy atom. The second-order valence-electron chi connectivity index (χ2n) is 15.3. The zero-order chi connectivity index (χ0) is 24.2. The second kappa shape index (κ2) is 7.22. The summed E-state index contributed by atoms with van der Waals surface area (Å²) < 4.78 is 6.73. The number of ether oxygens (including phenoxy) is 1. The highest BCUT2D eigenvalue weighted by Crippen LogP contribution is 2.76. The zero-order valence-electron chi connectivity index (χ0n) is 22.8. The van der Waals surface area contributed by atoms with Gasteiger partial charge in [-0.25, -0.2) is 0 Å². The molecule has 10 atom stereocenters. The van der Waals surface area contributed by atoms with Crippen molar-refractivity contribution in [3.63, 3.8) is 0 Å². The Morgan fingerprint density at radius 1 is 0.697 bits per heavy atom. The molecule has 1 saturated heterocycles. The molecule has 3 heteroatoms. The highest BCUT2D eigenvalue weighted by Gasteiger charge is 2.70. The highest BCUT2D eigenvalue weighted by atomic mass is 16.5. The van der Waals surface area contributed by atoms with Crippen molar-refractivity contribution in [1.82, 2.24) is 0 Å². The van der Waals surface area contributed by atoms with Crippen molar-refractivity contribution in [2.75, 3.05) is 0 Å². The molecule has 1 aliphatic heterocycles. The first-order valence-electron chi connectivity index (χ1n) is 14.2. The van der Waals surface area contributed by atoms with Gasteiger partial charge >= 0.3 is 0 Å². The van der Waals surface area contributed by atoms with Crippen molar-refractivity contribution in [2.45, 2.75) is 143 Å². The number of aliphatic hydroxyl groups is 2. The van der Waals surface area contributed by atoms with Crippen LogP contribution in [0.5, 0.6) is 0 Å². The molecular formula is C30H52O3. The SMILES string of the molecule is CC(C)(O)[C@@H]1CC[C@](C)([C@@H]2CC[C@]3(C)[C@H]2CC[C@@H]2[C@]4(C)CC[C@@H](O)C(C)(C)[C@@H]4CC[C@]23C)O1. The van der Waals surface area contributed by atoms with Crippen LogP contribution in [0.4, 0.5) is 0 Å². The van der Waals surface area contributed by atoms with Crippen LogP contribution in [0.1, 0.15) is 120 Å². The summed E-state index contributed by atoms with van der Waals surface area (Å²) in [5.74, 6) is 2.73. The van der Waals surface area contributed by atoms with Crippen molar-refractivity contribution < 1.29 is 14.9 Å². The molecule has 33 heavy (non-hydrogen) atoms. The van der Waals surface area contributed by atoms with Crippen LogP contribution in [0.3, 0.4) is 0 Å². The van der Waals surface area contributed by atoms with E-state index in [-0.39, 0.29) is 23.2 Å². The zero-order valence-corrected chi connectivity index (χ0v) is 22.8. The van der Waals surface area contributed by atoms with Crippen LogP contribution in [0, 0.1) is 45.3 Å². The average molecular weight is 461 g/mol. The van der Waals surface area contributed by atoms with Crippen LogP contribution in [-0.4, -0.2) is 33.6 Å². The minimum absolute atomic E-state index is 0.0293. The number of aliphatic hydroxyl groups excluding tert-OH is 1. The van der Waals surface area contributed by atoms with Gasteiger partial charge in [-0.3, -0.25) is 0 Å². The predicted molar refractivity (Wildman–Crippen MR) is 134 cm³/mol. The number of hydrogen-bond acceptors (Lipinski definition) is 3. The van der Waals surface area contributed by atoms with Crippen LogP contribution in [0.2, 0.25) is 0 Å². The molecule has 0 spiro atoms. The number of rotatable bonds is 2. The van der Waals surface area contributed by atoms with E-state index in [1.54, 1.807) is 0 Å². The van der Waals surface area contributed by atoms with Gasteiger partial charge < -0.3 is 14.9 Å². The fourth-order valence-corrected chi connectivity index (χ4v) is 11.1. The molecule has 0 aromatic heterocycles. The first kappa shape index (κ1) is 24.6. The van der Waals surface area contributed by atoms with Crippen molar-refractivity contribution in [2.24, 2.45) is 45.3 Å². The van der Waals surface area contributed by atoms with Gasteiger partial charge in [0, 0.05) is 0 Å². The Kier molecular flexibility index (Phi) is 5.38. The Labute approximate surface area is 203 Å².